The van der Waals surface area contributed by atoms with Crippen molar-refractivity contribution < 1.29 is 13.2 Å². The number of hydrogen-bond donors (Lipinski definition) is 0. The van der Waals surface area contributed by atoms with Crippen LogP contribution in [0.4, 0.5) is 13.2 Å². The zero-order chi connectivity index (χ0) is 9.90. The second-order valence-corrected chi connectivity index (χ2v) is 4.98. The van der Waals surface area contributed by atoms with Crippen LogP contribution >= 0.6 is 27.7 Å². The Morgan fingerprint density at radius 3 is 2.15 bits per heavy atom. The fraction of sp³-hybridized carbons (Fsp3) is 0.250. The minimum absolute atomic E-state index is 0.0735. The highest BCUT2D eigenvalue weighted by Crippen LogP contribution is 2.45. The summed E-state index contributed by atoms with van der Waals surface area (Å²) in [5, 5.41) is 0. The number of rotatable bonds is 2. The molecule has 1 aromatic rings. The fourth-order valence-electron chi connectivity index (χ4n) is 0.790. The van der Waals surface area contributed by atoms with Crippen molar-refractivity contribution in [2.75, 3.05) is 0 Å². The second kappa shape index (κ2) is 4.37. The lowest BCUT2D eigenvalue weighted by Crippen LogP contribution is -2.01. The summed E-state index contributed by atoms with van der Waals surface area (Å²) in [6, 6.07) is 8.48. The Hall–Kier alpha value is -0.160. The largest absolute Gasteiger partial charge is 0.443 e. The highest BCUT2D eigenvalue weighted by Gasteiger charge is 2.32. The standard InChI is InChI=1S/C8H6BrF3S/c9-7(13-8(10,11)12)6-4-2-1-3-5-6/h1-5,7H. The van der Waals surface area contributed by atoms with Gasteiger partial charge in [-0.3, -0.25) is 0 Å². The maximum Gasteiger partial charge on any atom is 0.443 e. The summed E-state index contributed by atoms with van der Waals surface area (Å²) < 4.78 is 35.0. The first-order valence-corrected chi connectivity index (χ1v) is 5.22. The van der Waals surface area contributed by atoms with Crippen LogP contribution in [0.3, 0.4) is 0 Å². The number of benzene rings is 1. The van der Waals surface area contributed by atoms with E-state index in [2.05, 4.69) is 15.9 Å². The van der Waals surface area contributed by atoms with Gasteiger partial charge in [-0.1, -0.05) is 46.3 Å². The Morgan fingerprint density at radius 1 is 1.15 bits per heavy atom. The summed E-state index contributed by atoms with van der Waals surface area (Å²) in [6.07, 6.45) is 0. The molecule has 0 heterocycles. The van der Waals surface area contributed by atoms with E-state index in [9.17, 15) is 13.2 Å². The van der Waals surface area contributed by atoms with Crippen molar-refractivity contribution >= 4 is 27.7 Å². The molecule has 5 heteroatoms. The Labute approximate surface area is 86.6 Å². The first-order valence-electron chi connectivity index (χ1n) is 3.42. The minimum atomic E-state index is -4.20. The molecule has 0 fully saturated rings. The van der Waals surface area contributed by atoms with Crippen LogP contribution in [0.5, 0.6) is 0 Å². The summed E-state index contributed by atoms with van der Waals surface area (Å²) in [5.74, 6) is 0. The molecule has 1 rings (SSSR count). The van der Waals surface area contributed by atoms with E-state index < -0.39 is 9.67 Å². The van der Waals surface area contributed by atoms with Crippen LogP contribution in [0.15, 0.2) is 30.3 Å². The van der Waals surface area contributed by atoms with Gasteiger partial charge in [-0.05, 0) is 17.3 Å². The lowest BCUT2D eigenvalue weighted by Gasteiger charge is -2.11. The molecule has 0 amide bonds. The highest BCUT2D eigenvalue weighted by molar-refractivity contribution is 9.11. The van der Waals surface area contributed by atoms with E-state index in [1.165, 1.54) is 0 Å². The van der Waals surface area contributed by atoms with Crippen LogP contribution in [-0.2, 0) is 0 Å². The predicted octanol–water partition coefficient (Wildman–Crippen LogP) is 4.33. The highest BCUT2D eigenvalue weighted by atomic mass is 79.9. The van der Waals surface area contributed by atoms with Gasteiger partial charge in [0.25, 0.3) is 0 Å². The van der Waals surface area contributed by atoms with Gasteiger partial charge in [0.15, 0.2) is 0 Å². The van der Waals surface area contributed by atoms with Crippen molar-refractivity contribution in [3.63, 3.8) is 0 Å². The molecular formula is C8H6BrF3S. The van der Waals surface area contributed by atoms with E-state index in [0.717, 1.165) is 0 Å². The maximum atomic E-state index is 11.9. The topological polar surface area (TPSA) is 0 Å². The van der Waals surface area contributed by atoms with Crippen molar-refractivity contribution in [1.82, 2.24) is 0 Å². The molecule has 0 saturated heterocycles. The van der Waals surface area contributed by atoms with Crippen LogP contribution in [-0.4, -0.2) is 5.51 Å². The van der Waals surface area contributed by atoms with E-state index in [1.54, 1.807) is 30.3 Å². The molecule has 0 radical (unpaired) electrons. The molecule has 1 atom stereocenters. The van der Waals surface area contributed by atoms with E-state index in [0.29, 0.717) is 5.56 Å². The lowest BCUT2D eigenvalue weighted by molar-refractivity contribution is -0.0329. The molecule has 1 unspecified atom stereocenters. The molecule has 72 valence electrons. The summed E-state index contributed by atoms with van der Waals surface area (Å²) in [4.78, 5) is 0. The van der Waals surface area contributed by atoms with E-state index >= 15 is 0 Å². The molecule has 0 nitrogen and oxygen atoms in total. The van der Waals surface area contributed by atoms with Gasteiger partial charge in [-0.25, -0.2) is 0 Å². The average Bonchev–Trinajstić information content (AvgIpc) is 2.03. The molecule has 0 N–H and O–H groups in total. The minimum Gasteiger partial charge on any atom is -0.160 e. The van der Waals surface area contributed by atoms with Gasteiger partial charge in [-0.2, -0.15) is 13.2 Å². The maximum absolute atomic E-state index is 11.9. The average molecular weight is 271 g/mol. The smallest absolute Gasteiger partial charge is 0.160 e. The van der Waals surface area contributed by atoms with Gasteiger partial charge in [-0.15, -0.1) is 0 Å². The monoisotopic (exact) mass is 270 g/mol. The third kappa shape index (κ3) is 4.04. The predicted molar refractivity (Wildman–Crippen MR) is 51.8 cm³/mol. The van der Waals surface area contributed by atoms with Gasteiger partial charge >= 0.3 is 5.51 Å². The normalized spacial score (nSPS) is 14.2. The summed E-state index contributed by atoms with van der Waals surface area (Å²) in [5.41, 5.74) is -3.59. The molecule has 0 aliphatic rings. The zero-order valence-corrected chi connectivity index (χ0v) is 8.79. The molecule has 0 aliphatic carbocycles. The van der Waals surface area contributed by atoms with Crippen molar-refractivity contribution in [3.8, 4) is 0 Å². The Kier molecular flexibility index (Phi) is 3.67. The Balaban J connectivity index is 2.64. The number of thioether (sulfide) groups is 1. The van der Waals surface area contributed by atoms with Crippen LogP contribution in [0.2, 0.25) is 0 Å². The van der Waals surface area contributed by atoms with Crippen LogP contribution < -0.4 is 0 Å². The SMILES string of the molecule is FC(F)(F)SC(Br)c1ccccc1. The van der Waals surface area contributed by atoms with Crippen LogP contribution in [0.25, 0.3) is 0 Å². The summed E-state index contributed by atoms with van der Waals surface area (Å²) in [7, 11) is 0. The summed E-state index contributed by atoms with van der Waals surface area (Å²) >= 11 is 2.89. The lowest BCUT2D eigenvalue weighted by atomic mass is 10.2. The number of halogens is 4. The summed E-state index contributed by atoms with van der Waals surface area (Å²) in [6.45, 7) is 0. The van der Waals surface area contributed by atoms with Gasteiger partial charge in [0.1, 0.15) is 0 Å². The van der Waals surface area contributed by atoms with Crippen molar-refractivity contribution in [2.24, 2.45) is 0 Å². The van der Waals surface area contributed by atoms with Crippen molar-refractivity contribution in [3.05, 3.63) is 35.9 Å². The second-order valence-electron chi connectivity index (χ2n) is 2.29. The molecule has 0 bridgehead atoms. The van der Waals surface area contributed by atoms with Gasteiger partial charge < -0.3 is 0 Å². The third-order valence-corrected chi connectivity index (χ3v) is 3.13. The zero-order valence-electron chi connectivity index (χ0n) is 6.38. The van der Waals surface area contributed by atoms with Gasteiger partial charge in [0, 0.05) is 0 Å². The van der Waals surface area contributed by atoms with E-state index in [4.69, 9.17) is 0 Å². The van der Waals surface area contributed by atoms with Crippen LogP contribution in [0, 0.1) is 0 Å². The van der Waals surface area contributed by atoms with Crippen LogP contribution in [0.1, 0.15) is 9.72 Å². The molecule has 13 heavy (non-hydrogen) atoms. The molecule has 0 spiro atoms. The van der Waals surface area contributed by atoms with Gasteiger partial charge in [0.05, 0.1) is 4.16 Å². The molecular weight excluding hydrogens is 265 g/mol. The van der Waals surface area contributed by atoms with Gasteiger partial charge in [0.2, 0.25) is 0 Å². The first-order chi connectivity index (χ1) is 5.99. The third-order valence-electron chi connectivity index (χ3n) is 1.30. The molecule has 0 saturated carbocycles. The molecule has 1 aromatic carbocycles. The Bertz CT molecular complexity index is 260. The fourth-order valence-corrected chi connectivity index (χ4v) is 2.26. The Morgan fingerprint density at radius 2 is 1.69 bits per heavy atom. The number of alkyl halides is 4. The van der Waals surface area contributed by atoms with Crippen molar-refractivity contribution in [2.45, 2.75) is 9.67 Å². The first kappa shape index (κ1) is 10.9. The van der Waals surface area contributed by atoms with Crippen molar-refractivity contribution in [1.29, 1.82) is 0 Å². The molecule has 0 aromatic heterocycles. The van der Waals surface area contributed by atoms with E-state index in [1.807, 2.05) is 0 Å². The number of hydrogen-bond acceptors (Lipinski definition) is 1. The van der Waals surface area contributed by atoms with E-state index in [-0.39, 0.29) is 11.8 Å². The molecule has 0 aliphatic heterocycles. The quantitative estimate of drug-likeness (QED) is 0.721.